The Bertz CT molecular complexity index is 415. The van der Waals surface area contributed by atoms with Crippen molar-refractivity contribution >= 4 is 5.69 Å². The highest BCUT2D eigenvalue weighted by molar-refractivity contribution is 5.56. The second-order valence-electron chi connectivity index (χ2n) is 5.70. The molecule has 0 amide bonds. The Morgan fingerprint density at radius 1 is 1.33 bits per heavy atom. The number of hydrogen-bond donors (Lipinski definition) is 1. The Balaban J connectivity index is 2.27. The van der Waals surface area contributed by atoms with Crippen LogP contribution in [0.2, 0.25) is 0 Å². The van der Waals surface area contributed by atoms with Gasteiger partial charge in [0.25, 0.3) is 0 Å². The summed E-state index contributed by atoms with van der Waals surface area (Å²) >= 11 is 0. The van der Waals surface area contributed by atoms with E-state index in [4.69, 9.17) is 5.73 Å². The SMILES string of the molecule is CC(C)C1CCN(c2cccc(F)c2[C@@H](C)N)C1. The molecule has 2 rings (SSSR count). The van der Waals surface area contributed by atoms with Crippen LogP contribution >= 0.6 is 0 Å². The first-order valence-corrected chi connectivity index (χ1v) is 6.79. The maximum atomic E-state index is 13.9. The molecular weight excluding hydrogens is 227 g/mol. The maximum Gasteiger partial charge on any atom is 0.130 e. The highest BCUT2D eigenvalue weighted by Crippen LogP contribution is 2.33. The van der Waals surface area contributed by atoms with E-state index in [2.05, 4.69) is 18.7 Å². The summed E-state index contributed by atoms with van der Waals surface area (Å²) in [4.78, 5) is 2.28. The highest BCUT2D eigenvalue weighted by atomic mass is 19.1. The second-order valence-corrected chi connectivity index (χ2v) is 5.70. The Kier molecular flexibility index (Phi) is 3.91. The fourth-order valence-electron chi connectivity index (χ4n) is 2.80. The van der Waals surface area contributed by atoms with E-state index in [-0.39, 0.29) is 11.9 Å². The smallest absolute Gasteiger partial charge is 0.130 e. The first-order chi connectivity index (χ1) is 8.50. The van der Waals surface area contributed by atoms with Crippen LogP contribution in [0.4, 0.5) is 10.1 Å². The number of hydrogen-bond acceptors (Lipinski definition) is 2. The van der Waals surface area contributed by atoms with Crippen molar-refractivity contribution in [3.05, 3.63) is 29.6 Å². The molecule has 1 aliphatic heterocycles. The third-order valence-electron chi connectivity index (χ3n) is 3.99. The quantitative estimate of drug-likeness (QED) is 0.891. The molecule has 1 fully saturated rings. The number of halogens is 1. The summed E-state index contributed by atoms with van der Waals surface area (Å²) in [7, 11) is 0. The Morgan fingerprint density at radius 2 is 2.06 bits per heavy atom. The van der Waals surface area contributed by atoms with Gasteiger partial charge in [0.1, 0.15) is 5.82 Å². The predicted molar refractivity (Wildman–Crippen MR) is 74.2 cm³/mol. The first kappa shape index (κ1) is 13.3. The molecule has 1 heterocycles. The van der Waals surface area contributed by atoms with Gasteiger partial charge in [0.2, 0.25) is 0 Å². The minimum Gasteiger partial charge on any atom is -0.371 e. The summed E-state index contributed by atoms with van der Waals surface area (Å²) in [6, 6.07) is 5.00. The van der Waals surface area contributed by atoms with Crippen molar-refractivity contribution in [3.63, 3.8) is 0 Å². The fourth-order valence-corrected chi connectivity index (χ4v) is 2.80. The van der Waals surface area contributed by atoms with Crippen LogP contribution in [0.15, 0.2) is 18.2 Å². The van der Waals surface area contributed by atoms with Crippen LogP contribution < -0.4 is 10.6 Å². The van der Waals surface area contributed by atoms with E-state index >= 15 is 0 Å². The summed E-state index contributed by atoms with van der Waals surface area (Å²) in [5.74, 6) is 1.20. The van der Waals surface area contributed by atoms with Gasteiger partial charge in [-0.25, -0.2) is 4.39 Å². The molecular formula is C15H23FN2. The van der Waals surface area contributed by atoms with E-state index in [1.54, 1.807) is 6.07 Å². The minimum atomic E-state index is -0.265. The zero-order chi connectivity index (χ0) is 13.3. The van der Waals surface area contributed by atoms with Gasteiger partial charge in [-0.1, -0.05) is 19.9 Å². The minimum absolute atomic E-state index is 0.185. The van der Waals surface area contributed by atoms with Crippen molar-refractivity contribution in [3.8, 4) is 0 Å². The van der Waals surface area contributed by atoms with Crippen LogP contribution in [0.25, 0.3) is 0 Å². The van der Waals surface area contributed by atoms with Crippen LogP contribution in [-0.4, -0.2) is 13.1 Å². The molecule has 1 aromatic rings. The average molecular weight is 250 g/mol. The maximum absolute atomic E-state index is 13.9. The van der Waals surface area contributed by atoms with Gasteiger partial charge in [0.05, 0.1) is 0 Å². The number of anilines is 1. The zero-order valence-electron chi connectivity index (χ0n) is 11.5. The molecule has 1 aliphatic rings. The molecule has 0 radical (unpaired) electrons. The number of rotatable bonds is 3. The van der Waals surface area contributed by atoms with Crippen LogP contribution in [0.5, 0.6) is 0 Å². The average Bonchev–Trinajstić information content (AvgIpc) is 2.77. The van der Waals surface area contributed by atoms with Crippen molar-refractivity contribution in [1.29, 1.82) is 0 Å². The van der Waals surface area contributed by atoms with Gasteiger partial charge in [0, 0.05) is 30.4 Å². The molecule has 2 nitrogen and oxygen atoms in total. The van der Waals surface area contributed by atoms with Crippen LogP contribution in [0, 0.1) is 17.7 Å². The van der Waals surface area contributed by atoms with E-state index in [1.807, 2.05) is 13.0 Å². The summed E-state index contributed by atoms with van der Waals surface area (Å²) in [6.07, 6.45) is 1.19. The van der Waals surface area contributed by atoms with Crippen molar-refractivity contribution in [2.45, 2.75) is 33.2 Å². The first-order valence-electron chi connectivity index (χ1n) is 6.79. The van der Waals surface area contributed by atoms with E-state index in [9.17, 15) is 4.39 Å². The number of nitrogens with two attached hydrogens (primary N) is 1. The van der Waals surface area contributed by atoms with Gasteiger partial charge < -0.3 is 10.6 Å². The van der Waals surface area contributed by atoms with Gasteiger partial charge in [0.15, 0.2) is 0 Å². The molecule has 0 bridgehead atoms. The lowest BCUT2D eigenvalue weighted by Gasteiger charge is -2.24. The molecule has 2 N–H and O–H groups in total. The fraction of sp³-hybridized carbons (Fsp3) is 0.600. The van der Waals surface area contributed by atoms with E-state index in [0.29, 0.717) is 17.4 Å². The third kappa shape index (κ3) is 2.51. The zero-order valence-corrected chi connectivity index (χ0v) is 11.5. The monoisotopic (exact) mass is 250 g/mol. The largest absolute Gasteiger partial charge is 0.371 e. The van der Waals surface area contributed by atoms with E-state index in [0.717, 1.165) is 18.8 Å². The lowest BCUT2D eigenvalue weighted by molar-refractivity contribution is 0.422. The molecule has 0 saturated carbocycles. The summed E-state index contributed by atoms with van der Waals surface area (Å²) in [5, 5.41) is 0. The number of nitrogens with zero attached hydrogens (tertiary/aromatic N) is 1. The molecule has 18 heavy (non-hydrogen) atoms. The Morgan fingerprint density at radius 3 is 2.61 bits per heavy atom. The summed E-state index contributed by atoms with van der Waals surface area (Å²) < 4.78 is 13.9. The Hall–Kier alpha value is -1.09. The lowest BCUT2D eigenvalue weighted by atomic mass is 9.95. The molecule has 3 heteroatoms. The van der Waals surface area contributed by atoms with Gasteiger partial charge in [-0.3, -0.25) is 0 Å². The molecule has 0 aliphatic carbocycles. The van der Waals surface area contributed by atoms with Crippen molar-refractivity contribution in [1.82, 2.24) is 0 Å². The van der Waals surface area contributed by atoms with Crippen molar-refractivity contribution in [2.24, 2.45) is 17.6 Å². The van der Waals surface area contributed by atoms with Crippen molar-refractivity contribution < 1.29 is 4.39 Å². The van der Waals surface area contributed by atoms with Gasteiger partial charge in [-0.2, -0.15) is 0 Å². The highest BCUT2D eigenvalue weighted by Gasteiger charge is 2.27. The molecule has 2 atom stereocenters. The number of benzene rings is 1. The van der Waals surface area contributed by atoms with Gasteiger partial charge in [-0.05, 0) is 37.3 Å². The Labute approximate surface area is 109 Å². The summed E-state index contributed by atoms with van der Waals surface area (Å²) in [6.45, 7) is 8.38. The second kappa shape index (κ2) is 5.27. The standard InChI is InChI=1S/C15H23FN2/c1-10(2)12-7-8-18(9-12)14-6-4-5-13(16)15(14)11(3)17/h4-6,10-12H,7-9,17H2,1-3H3/t11-,12?/m1/s1. The van der Waals surface area contributed by atoms with Crippen LogP contribution in [-0.2, 0) is 0 Å². The molecule has 1 aromatic carbocycles. The van der Waals surface area contributed by atoms with E-state index in [1.165, 1.54) is 12.5 Å². The normalized spacial score (nSPS) is 21.7. The molecule has 0 aromatic heterocycles. The lowest BCUT2D eigenvalue weighted by Crippen LogP contribution is -2.24. The molecule has 1 saturated heterocycles. The van der Waals surface area contributed by atoms with Crippen LogP contribution in [0.3, 0.4) is 0 Å². The predicted octanol–water partition coefficient (Wildman–Crippen LogP) is 3.33. The van der Waals surface area contributed by atoms with Crippen molar-refractivity contribution in [2.75, 3.05) is 18.0 Å². The van der Waals surface area contributed by atoms with Gasteiger partial charge >= 0.3 is 0 Å². The molecule has 1 unspecified atom stereocenters. The topological polar surface area (TPSA) is 29.3 Å². The summed E-state index contributed by atoms with van der Waals surface area (Å²) in [5.41, 5.74) is 7.55. The third-order valence-corrected chi connectivity index (χ3v) is 3.99. The van der Waals surface area contributed by atoms with Crippen LogP contribution in [0.1, 0.15) is 38.8 Å². The van der Waals surface area contributed by atoms with E-state index < -0.39 is 0 Å². The van der Waals surface area contributed by atoms with Gasteiger partial charge in [-0.15, -0.1) is 0 Å². The molecule has 100 valence electrons. The molecule has 0 spiro atoms.